The van der Waals surface area contributed by atoms with Crippen LogP contribution in [0, 0.1) is 0 Å². The summed E-state index contributed by atoms with van der Waals surface area (Å²) < 4.78 is 6.48. The number of aryl methyl sites for hydroxylation is 2. The Morgan fingerprint density at radius 1 is 1.50 bits per heavy atom. The number of thiazole rings is 1. The molecular weight excluding hydrogens is 276 g/mol. The van der Waals surface area contributed by atoms with E-state index < -0.39 is 0 Å². The third kappa shape index (κ3) is 4.06. The Bertz CT molecular complexity index is 564. The molecule has 0 aromatic carbocycles. The smallest absolute Gasteiger partial charge is 0.305 e. The van der Waals surface area contributed by atoms with Crippen molar-refractivity contribution in [3.05, 3.63) is 29.0 Å². The molecule has 2 aromatic rings. The van der Waals surface area contributed by atoms with E-state index in [1.54, 1.807) is 17.5 Å². The van der Waals surface area contributed by atoms with Crippen molar-refractivity contribution < 1.29 is 9.53 Å². The van der Waals surface area contributed by atoms with Gasteiger partial charge in [-0.25, -0.2) is 4.98 Å². The van der Waals surface area contributed by atoms with Gasteiger partial charge in [0.1, 0.15) is 0 Å². The highest BCUT2D eigenvalue weighted by Crippen LogP contribution is 2.16. The summed E-state index contributed by atoms with van der Waals surface area (Å²) in [5, 5.41) is 10.3. The largest absolute Gasteiger partial charge is 0.469 e. The van der Waals surface area contributed by atoms with Gasteiger partial charge < -0.3 is 10.1 Å². The number of esters is 1. The van der Waals surface area contributed by atoms with E-state index in [-0.39, 0.29) is 5.97 Å². The first-order chi connectivity index (χ1) is 9.69. The number of nitrogens with one attached hydrogen (secondary N) is 1. The quantitative estimate of drug-likeness (QED) is 0.786. The van der Waals surface area contributed by atoms with E-state index in [1.807, 2.05) is 23.2 Å². The molecule has 0 aliphatic rings. The van der Waals surface area contributed by atoms with Gasteiger partial charge in [0.25, 0.3) is 0 Å². The summed E-state index contributed by atoms with van der Waals surface area (Å²) in [5.41, 5.74) is 2.10. The molecule has 0 aliphatic carbocycles. The topological polar surface area (TPSA) is 69.0 Å². The van der Waals surface area contributed by atoms with Gasteiger partial charge in [-0.2, -0.15) is 5.10 Å². The summed E-state index contributed by atoms with van der Waals surface area (Å²) >= 11 is 1.55. The molecule has 2 aromatic heterocycles. The number of carbonyl (C=O) groups excluding carboxylic acids is 1. The fraction of sp³-hybridized carbons (Fsp3) is 0.462. The molecule has 0 radical (unpaired) electrons. The van der Waals surface area contributed by atoms with Crippen molar-refractivity contribution in [2.45, 2.75) is 19.3 Å². The van der Waals surface area contributed by atoms with Crippen molar-refractivity contribution >= 4 is 22.4 Å². The standard InChI is InChI=1S/C13H18N4O2S/c1-17-11(6-8-15-17)5-7-14-13-16-10(9-20-13)3-4-12(18)19-2/h6,8-9H,3-5,7H2,1-2H3,(H,14,16). The maximum absolute atomic E-state index is 11.1. The number of hydrogen-bond donors (Lipinski definition) is 1. The minimum absolute atomic E-state index is 0.205. The van der Waals surface area contributed by atoms with E-state index in [0.717, 1.165) is 23.8 Å². The van der Waals surface area contributed by atoms with E-state index in [1.165, 1.54) is 12.8 Å². The van der Waals surface area contributed by atoms with Crippen LogP contribution in [0.3, 0.4) is 0 Å². The lowest BCUT2D eigenvalue weighted by Gasteiger charge is -2.03. The molecule has 0 aliphatic heterocycles. The SMILES string of the molecule is COC(=O)CCc1csc(NCCc2ccnn2C)n1. The third-order valence-electron chi connectivity index (χ3n) is 2.94. The zero-order chi connectivity index (χ0) is 14.4. The van der Waals surface area contributed by atoms with Crippen LogP contribution in [0.4, 0.5) is 5.13 Å². The Balaban J connectivity index is 1.75. The highest BCUT2D eigenvalue weighted by Gasteiger charge is 2.06. The van der Waals surface area contributed by atoms with Crippen molar-refractivity contribution in [3.8, 4) is 0 Å². The Morgan fingerprint density at radius 3 is 3.05 bits per heavy atom. The maximum Gasteiger partial charge on any atom is 0.305 e. The lowest BCUT2D eigenvalue weighted by molar-refractivity contribution is -0.140. The molecule has 20 heavy (non-hydrogen) atoms. The van der Waals surface area contributed by atoms with Gasteiger partial charge in [-0.1, -0.05) is 0 Å². The molecule has 6 nitrogen and oxygen atoms in total. The van der Waals surface area contributed by atoms with E-state index in [4.69, 9.17) is 0 Å². The molecule has 0 atom stereocenters. The second-order valence-corrected chi connectivity index (χ2v) is 5.20. The molecule has 0 saturated heterocycles. The summed E-state index contributed by atoms with van der Waals surface area (Å²) in [6, 6.07) is 2.01. The van der Waals surface area contributed by atoms with E-state index in [9.17, 15) is 4.79 Å². The second-order valence-electron chi connectivity index (χ2n) is 4.34. The first-order valence-electron chi connectivity index (χ1n) is 6.41. The number of anilines is 1. The molecule has 7 heteroatoms. The van der Waals surface area contributed by atoms with Gasteiger partial charge in [0.2, 0.25) is 0 Å². The Hall–Kier alpha value is -1.89. The molecule has 0 amide bonds. The predicted molar refractivity (Wildman–Crippen MR) is 77.9 cm³/mol. The number of nitrogens with zero attached hydrogens (tertiary/aromatic N) is 3. The summed E-state index contributed by atoms with van der Waals surface area (Å²) in [6.07, 6.45) is 3.68. The van der Waals surface area contributed by atoms with Gasteiger partial charge in [0.05, 0.1) is 19.2 Å². The molecule has 2 heterocycles. The maximum atomic E-state index is 11.1. The van der Waals surface area contributed by atoms with Crippen LogP contribution in [0.2, 0.25) is 0 Å². The normalized spacial score (nSPS) is 10.5. The number of ether oxygens (including phenoxy) is 1. The first-order valence-corrected chi connectivity index (χ1v) is 7.29. The van der Waals surface area contributed by atoms with Crippen LogP contribution in [0.15, 0.2) is 17.6 Å². The first kappa shape index (κ1) is 14.5. The highest BCUT2D eigenvalue weighted by molar-refractivity contribution is 7.13. The minimum Gasteiger partial charge on any atom is -0.469 e. The summed E-state index contributed by atoms with van der Waals surface area (Å²) in [4.78, 5) is 15.5. The molecule has 0 unspecified atom stereocenters. The minimum atomic E-state index is -0.205. The predicted octanol–water partition coefficient (Wildman–Crippen LogP) is 1.64. The number of aromatic nitrogens is 3. The highest BCUT2D eigenvalue weighted by atomic mass is 32.1. The fourth-order valence-corrected chi connectivity index (χ4v) is 2.55. The van der Waals surface area contributed by atoms with Crippen molar-refractivity contribution in [2.75, 3.05) is 19.0 Å². The molecule has 0 fully saturated rings. The van der Waals surface area contributed by atoms with Crippen LogP contribution < -0.4 is 5.32 Å². The number of carbonyl (C=O) groups is 1. The molecule has 108 valence electrons. The molecule has 0 saturated carbocycles. The van der Waals surface area contributed by atoms with E-state index in [0.29, 0.717) is 12.8 Å². The van der Waals surface area contributed by atoms with Crippen molar-refractivity contribution in [2.24, 2.45) is 7.05 Å². The Kier molecular flexibility index (Phi) is 5.11. The molecule has 0 spiro atoms. The number of rotatable bonds is 7. The average Bonchev–Trinajstić information content (AvgIpc) is 3.06. The number of hydrogen-bond acceptors (Lipinski definition) is 6. The fourth-order valence-electron chi connectivity index (χ4n) is 1.78. The Morgan fingerprint density at radius 2 is 2.35 bits per heavy atom. The van der Waals surface area contributed by atoms with Gasteiger partial charge in [-0.3, -0.25) is 9.48 Å². The van der Waals surface area contributed by atoms with Gasteiger partial charge in [0.15, 0.2) is 5.13 Å². The van der Waals surface area contributed by atoms with E-state index in [2.05, 4.69) is 20.1 Å². The Labute approximate surface area is 121 Å². The second kappa shape index (κ2) is 7.04. The summed E-state index contributed by atoms with van der Waals surface area (Å²) in [7, 11) is 3.33. The third-order valence-corrected chi connectivity index (χ3v) is 3.79. The zero-order valence-electron chi connectivity index (χ0n) is 11.6. The summed E-state index contributed by atoms with van der Waals surface area (Å²) in [5.74, 6) is -0.205. The van der Waals surface area contributed by atoms with Crippen LogP contribution in [-0.2, 0) is 29.4 Å². The molecule has 1 N–H and O–H groups in total. The van der Waals surface area contributed by atoms with Crippen LogP contribution in [-0.4, -0.2) is 34.4 Å². The van der Waals surface area contributed by atoms with Gasteiger partial charge in [-0.05, 0) is 6.07 Å². The van der Waals surface area contributed by atoms with Crippen LogP contribution >= 0.6 is 11.3 Å². The van der Waals surface area contributed by atoms with Crippen LogP contribution in [0.25, 0.3) is 0 Å². The van der Waals surface area contributed by atoms with Gasteiger partial charge >= 0.3 is 5.97 Å². The monoisotopic (exact) mass is 294 g/mol. The lowest BCUT2D eigenvalue weighted by Crippen LogP contribution is -2.08. The van der Waals surface area contributed by atoms with Crippen LogP contribution in [0.1, 0.15) is 17.8 Å². The van der Waals surface area contributed by atoms with Crippen molar-refractivity contribution in [1.82, 2.24) is 14.8 Å². The summed E-state index contributed by atoms with van der Waals surface area (Å²) in [6.45, 7) is 0.809. The van der Waals surface area contributed by atoms with Crippen LogP contribution in [0.5, 0.6) is 0 Å². The molecule has 2 rings (SSSR count). The van der Waals surface area contributed by atoms with Gasteiger partial charge in [-0.15, -0.1) is 11.3 Å². The number of methoxy groups -OCH3 is 1. The van der Waals surface area contributed by atoms with Crippen molar-refractivity contribution in [1.29, 1.82) is 0 Å². The lowest BCUT2D eigenvalue weighted by atomic mass is 10.2. The van der Waals surface area contributed by atoms with Gasteiger partial charge in [0, 0.05) is 43.7 Å². The van der Waals surface area contributed by atoms with Crippen molar-refractivity contribution in [3.63, 3.8) is 0 Å². The molecular formula is C13H18N4O2S. The van der Waals surface area contributed by atoms with E-state index >= 15 is 0 Å². The molecule has 0 bridgehead atoms. The average molecular weight is 294 g/mol. The zero-order valence-corrected chi connectivity index (χ0v) is 12.4.